The smallest absolute Gasteiger partial charge is 0.396 e. The fourth-order valence-electron chi connectivity index (χ4n) is 2.62. The average Bonchev–Trinajstić information content (AvgIpc) is 2.67. The van der Waals surface area contributed by atoms with Gasteiger partial charge in [0, 0.05) is 6.54 Å². The summed E-state index contributed by atoms with van der Waals surface area (Å²) in [6, 6.07) is 6.32. The van der Waals surface area contributed by atoms with E-state index >= 15 is 0 Å². The second-order valence-corrected chi connectivity index (χ2v) is 6.65. The largest absolute Gasteiger partial charge is 0.433 e. The molecule has 1 atom stereocenters. The Morgan fingerprint density at radius 3 is 2.62 bits per heavy atom. The Bertz CT molecular complexity index is 894. The number of unbranched alkanes of at least 4 members (excludes halogenated alkanes) is 1. The molecule has 0 spiro atoms. The Labute approximate surface area is 166 Å². The summed E-state index contributed by atoms with van der Waals surface area (Å²) < 4.78 is 52.5. The number of alkyl halides is 3. The number of nitrogens with one attached hydrogen (secondary N) is 1. The van der Waals surface area contributed by atoms with E-state index in [4.69, 9.17) is 5.73 Å². The molecule has 0 saturated heterocycles. The molecule has 0 fully saturated rings. The lowest BCUT2D eigenvalue weighted by Gasteiger charge is -2.15. The fraction of sp³-hybridized carbons (Fsp3) is 0.333. The quantitative estimate of drug-likeness (QED) is 0.496. The highest BCUT2D eigenvalue weighted by Gasteiger charge is 2.32. The monoisotopic (exact) mass is 409 g/mol. The summed E-state index contributed by atoms with van der Waals surface area (Å²) in [5.41, 5.74) is 5.49. The van der Waals surface area contributed by atoms with Crippen LogP contribution in [-0.4, -0.2) is 10.9 Å². The van der Waals surface area contributed by atoms with Gasteiger partial charge in [0.2, 0.25) is 5.91 Å². The van der Waals surface area contributed by atoms with Gasteiger partial charge in [-0.3, -0.25) is 4.79 Å². The van der Waals surface area contributed by atoms with E-state index in [1.807, 2.05) is 6.92 Å². The van der Waals surface area contributed by atoms with Gasteiger partial charge in [-0.2, -0.15) is 13.2 Å². The van der Waals surface area contributed by atoms with Crippen LogP contribution >= 0.6 is 0 Å². The van der Waals surface area contributed by atoms with Gasteiger partial charge >= 0.3 is 6.18 Å². The molecule has 1 heterocycles. The number of rotatable bonds is 7. The van der Waals surface area contributed by atoms with Crippen LogP contribution in [0.1, 0.15) is 55.1 Å². The number of allylic oxidation sites excluding steroid dienone is 1. The van der Waals surface area contributed by atoms with Crippen LogP contribution in [-0.2, 0) is 17.5 Å². The van der Waals surface area contributed by atoms with Crippen molar-refractivity contribution in [2.24, 2.45) is 0 Å². The van der Waals surface area contributed by atoms with Crippen LogP contribution in [0.5, 0.6) is 0 Å². The Balaban J connectivity index is 2.17. The number of halogens is 4. The molecule has 2 rings (SSSR count). The van der Waals surface area contributed by atoms with Crippen molar-refractivity contribution in [3.05, 3.63) is 64.7 Å². The predicted molar refractivity (Wildman–Crippen MR) is 104 cm³/mol. The van der Waals surface area contributed by atoms with Gasteiger partial charge in [0.1, 0.15) is 11.5 Å². The molecule has 1 amide bonds. The average molecular weight is 409 g/mol. The lowest BCUT2D eigenvalue weighted by molar-refractivity contribution is -0.141. The highest BCUT2D eigenvalue weighted by molar-refractivity contribution is 5.83. The summed E-state index contributed by atoms with van der Waals surface area (Å²) in [6.07, 6.45) is 0.260. The molecule has 0 radical (unpaired) electrons. The van der Waals surface area contributed by atoms with Crippen molar-refractivity contribution in [2.45, 2.75) is 45.3 Å². The number of anilines is 1. The number of nitrogens with two attached hydrogens (primary N) is 1. The normalized spacial score (nSPS) is 12.9. The van der Waals surface area contributed by atoms with E-state index in [-0.39, 0.29) is 17.9 Å². The number of nitrogen functional groups attached to an aromatic ring is 1. The number of pyridine rings is 1. The van der Waals surface area contributed by atoms with E-state index in [0.717, 1.165) is 12.5 Å². The number of benzene rings is 1. The molecule has 8 heteroatoms. The summed E-state index contributed by atoms with van der Waals surface area (Å²) >= 11 is 0. The molecule has 156 valence electrons. The molecule has 0 bridgehead atoms. The van der Waals surface area contributed by atoms with Crippen LogP contribution in [0.25, 0.3) is 6.08 Å². The predicted octanol–water partition coefficient (Wildman–Crippen LogP) is 5.05. The number of hydrogen-bond donors (Lipinski definition) is 2. The zero-order valence-electron chi connectivity index (χ0n) is 16.2. The number of carbonyl (C=O) groups excluding carboxylic acids is 1. The summed E-state index contributed by atoms with van der Waals surface area (Å²) in [5.74, 6) is -1.67. The van der Waals surface area contributed by atoms with E-state index in [1.54, 1.807) is 19.1 Å². The lowest BCUT2D eigenvalue weighted by Crippen LogP contribution is -2.28. The van der Waals surface area contributed by atoms with Gasteiger partial charge in [0.15, 0.2) is 0 Å². The SMILES string of the molecule is CCC/C=C/c1nc(C(F)(F)F)ccc1CNC(=O)C(C)c1ccc(N)c(F)c1. The minimum absolute atomic E-state index is 0.00242. The third kappa shape index (κ3) is 6.04. The first kappa shape index (κ1) is 22.4. The van der Waals surface area contributed by atoms with Gasteiger partial charge in [0.05, 0.1) is 17.3 Å². The third-order valence-corrected chi connectivity index (χ3v) is 4.40. The van der Waals surface area contributed by atoms with Crippen LogP contribution in [0.4, 0.5) is 23.2 Å². The summed E-state index contributed by atoms with van der Waals surface area (Å²) in [4.78, 5) is 16.1. The Kier molecular flexibility index (Phi) is 7.36. The van der Waals surface area contributed by atoms with Crippen molar-refractivity contribution in [3.63, 3.8) is 0 Å². The lowest BCUT2D eigenvalue weighted by atomic mass is 9.99. The van der Waals surface area contributed by atoms with Crippen molar-refractivity contribution in [3.8, 4) is 0 Å². The number of amides is 1. The molecule has 0 aliphatic rings. The van der Waals surface area contributed by atoms with E-state index in [9.17, 15) is 22.4 Å². The molecular formula is C21H23F4N3O. The summed E-state index contributed by atoms with van der Waals surface area (Å²) in [7, 11) is 0. The molecule has 3 N–H and O–H groups in total. The Hall–Kier alpha value is -2.90. The van der Waals surface area contributed by atoms with Crippen molar-refractivity contribution in [1.29, 1.82) is 0 Å². The minimum atomic E-state index is -4.55. The van der Waals surface area contributed by atoms with Gasteiger partial charge in [-0.15, -0.1) is 0 Å². The summed E-state index contributed by atoms with van der Waals surface area (Å²) in [5, 5.41) is 2.67. The van der Waals surface area contributed by atoms with E-state index in [0.29, 0.717) is 17.5 Å². The second kappa shape index (κ2) is 9.54. The molecule has 0 aliphatic carbocycles. The van der Waals surface area contributed by atoms with Crippen molar-refractivity contribution in [1.82, 2.24) is 10.3 Å². The molecule has 2 aromatic rings. The maximum atomic E-state index is 13.6. The Morgan fingerprint density at radius 2 is 2.00 bits per heavy atom. The first-order valence-electron chi connectivity index (χ1n) is 9.19. The van der Waals surface area contributed by atoms with Gasteiger partial charge < -0.3 is 11.1 Å². The van der Waals surface area contributed by atoms with Crippen LogP contribution < -0.4 is 11.1 Å². The summed E-state index contributed by atoms with van der Waals surface area (Å²) in [6.45, 7) is 3.55. The standard InChI is InChI=1S/C21H23F4N3O/c1-3-4-5-6-18-15(8-10-19(28-18)21(23,24)25)12-27-20(29)13(2)14-7-9-17(26)16(22)11-14/h5-11,13H,3-4,12,26H2,1-2H3,(H,27,29)/b6-5+. The number of nitrogens with zero attached hydrogens (tertiary/aromatic N) is 1. The number of hydrogen-bond acceptors (Lipinski definition) is 3. The molecule has 1 aromatic carbocycles. The second-order valence-electron chi connectivity index (χ2n) is 6.65. The highest BCUT2D eigenvalue weighted by Crippen LogP contribution is 2.28. The zero-order valence-corrected chi connectivity index (χ0v) is 16.2. The maximum Gasteiger partial charge on any atom is 0.433 e. The van der Waals surface area contributed by atoms with Gasteiger partial charge in [0.25, 0.3) is 0 Å². The molecule has 29 heavy (non-hydrogen) atoms. The van der Waals surface area contributed by atoms with E-state index in [2.05, 4.69) is 10.3 Å². The first-order chi connectivity index (χ1) is 13.6. The molecule has 1 aromatic heterocycles. The fourth-order valence-corrected chi connectivity index (χ4v) is 2.62. The molecule has 0 saturated carbocycles. The minimum Gasteiger partial charge on any atom is -0.396 e. The van der Waals surface area contributed by atoms with Crippen molar-refractivity contribution in [2.75, 3.05) is 5.73 Å². The topological polar surface area (TPSA) is 68.0 Å². The number of carbonyl (C=O) groups is 1. The Morgan fingerprint density at radius 1 is 1.28 bits per heavy atom. The van der Waals surface area contributed by atoms with Crippen LogP contribution in [0.2, 0.25) is 0 Å². The van der Waals surface area contributed by atoms with Crippen LogP contribution in [0, 0.1) is 5.82 Å². The van der Waals surface area contributed by atoms with Crippen molar-refractivity contribution >= 4 is 17.7 Å². The zero-order chi connectivity index (χ0) is 21.6. The molecule has 0 aliphatic heterocycles. The number of aromatic nitrogens is 1. The van der Waals surface area contributed by atoms with Gasteiger partial charge in [-0.05, 0) is 48.7 Å². The highest BCUT2D eigenvalue weighted by atomic mass is 19.4. The van der Waals surface area contributed by atoms with Crippen molar-refractivity contribution < 1.29 is 22.4 Å². The van der Waals surface area contributed by atoms with E-state index in [1.165, 1.54) is 24.3 Å². The third-order valence-electron chi connectivity index (χ3n) is 4.40. The molecule has 4 nitrogen and oxygen atoms in total. The maximum absolute atomic E-state index is 13.6. The molecular weight excluding hydrogens is 386 g/mol. The molecule has 1 unspecified atom stereocenters. The van der Waals surface area contributed by atoms with E-state index < -0.39 is 29.5 Å². The van der Waals surface area contributed by atoms with Gasteiger partial charge in [-0.1, -0.05) is 31.6 Å². The van der Waals surface area contributed by atoms with Crippen LogP contribution in [0.3, 0.4) is 0 Å². The van der Waals surface area contributed by atoms with Crippen LogP contribution in [0.15, 0.2) is 36.4 Å². The first-order valence-corrected chi connectivity index (χ1v) is 9.19. The van der Waals surface area contributed by atoms with Gasteiger partial charge in [-0.25, -0.2) is 9.37 Å².